The summed E-state index contributed by atoms with van der Waals surface area (Å²) in [6.07, 6.45) is 8.02. The lowest BCUT2D eigenvalue weighted by molar-refractivity contribution is 0.101. The van der Waals surface area contributed by atoms with E-state index in [4.69, 9.17) is 0 Å². The molecule has 9 nitrogen and oxygen atoms in total. The molecule has 0 aliphatic heterocycles. The van der Waals surface area contributed by atoms with Gasteiger partial charge in [0.1, 0.15) is 22.7 Å². The predicted octanol–water partition coefficient (Wildman–Crippen LogP) is 1.89. The Kier molecular flexibility index (Phi) is 5.61. The van der Waals surface area contributed by atoms with E-state index in [2.05, 4.69) is 15.3 Å². The first-order valence-corrected chi connectivity index (χ1v) is 10.2. The predicted molar refractivity (Wildman–Crippen MR) is 105 cm³/mol. The first-order chi connectivity index (χ1) is 13.4. The fourth-order valence-electron chi connectivity index (χ4n) is 2.82. The number of anilines is 1. The van der Waals surface area contributed by atoms with Crippen LogP contribution in [0.2, 0.25) is 0 Å². The summed E-state index contributed by atoms with van der Waals surface area (Å²) in [5, 5.41) is 2.74. The zero-order chi connectivity index (χ0) is 20.3. The van der Waals surface area contributed by atoms with E-state index >= 15 is 0 Å². The summed E-state index contributed by atoms with van der Waals surface area (Å²) in [5.74, 6) is 0.252. The number of sulfonamides is 1. The van der Waals surface area contributed by atoms with Crippen molar-refractivity contribution in [2.75, 3.05) is 18.4 Å². The molecule has 0 aromatic carbocycles. The van der Waals surface area contributed by atoms with Crippen molar-refractivity contribution in [1.29, 1.82) is 0 Å². The number of nitrogens with one attached hydrogen (secondary N) is 1. The molecule has 28 heavy (non-hydrogen) atoms. The molecular formula is C18H22N6O3S. The molecule has 0 aliphatic rings. The van der Waals surface area contributed by atoms with Crippen molar-refractivity contribution in [1.82, 2.24) is 23.4 Å². The number of imidazole rings is 1. The van der Waals surface area contributed by atoms with Crippen LogP contribution in [0.3, 0.4) is 0 Å². The molecule has 10 heteroatoms. The quantitative estimate of drug-likeness (QED) is 0.650. The maximum atomic E-state index is 12.7. The van der Waals surface area contributed by atoms with Crippen LogP contribution in [0.4, 0.5) is 5.69 Å². The molecule has 3 aromatic heterocycles. The molecule has 3 heterocycles. The van der Waals surface area contributed by atoms with Crippen molar-refractivity contribution >= 4 is 21.6 Å². The lowest BCUT2D eigenvalue weighted by Crippen LogP contribution is -2.30. The first kappa shape index (κ1) is 19.8. The summed E-state index contributed by atoms with van der Waals surface area (Å²) in [6.45, 7) is 4.28. The van der Waals surface area contributed by atoms with Crippen LogP contribution in [0.25, 0.3) is 5.82 Å². The van der Waals surface area contributed by atoms with E-state index in [0.717, 1.165) is 0 Å². The number of hydrogen-bond donors (Lipinski definition) is 1. The van der Waals surface area contributed by atoms with Crippen molar-refractivity contribution in [2.45, 2.75) is 18.7 Å². The number of rotatable bonds is 7. The summed E-state index contributed by atoms with van der Waals surface area (Å²) in [7, 11) is -1.99. The normalized spacial score (nSPS) is 11.7. The minimum Gasteiger partial charge on any atom is -0.345 e. The van der Waals surface area contributed by atoms with Gasteiger partial charge < -0.3 is 9.88 Å². The van der Waals surface area contributed by atoms with Crippen LogP contribution in [0.15, 0.2) is 54.2 Å². The smallest absolute Gasteiger partial charge is 0.272 e. The number of carbonyl (C=O) groups is 1. The molecule has 0 fully saturated rings. The fourth-order valence-corrected chi connectivity index (χ4v) is 4.35. The van der Waals surface area contributed by atoms with E-state index in [1.165, 1.54) is 27.3 Å². The van der Waals surface area contributed by atoms with E-state index < -0.39 is 15.9 Å². The van der Waals surface area contributed by atoms with E-state index in [0.29, 0.717) is 24.6 Å². The first-order valence-electron chi connectivity index (χ1n) is 8.79. The molecule has 0 saturated carbocycles. The fraction of sp³-hybridized carbons (Fsp3) is 0.278. The Labute approximate surface area is 163 Å². The van der Waals surface area contributed by atoms with Gasteiger partial charge >= 0.3 is 0 Å². The molecule has 0 spiro atoms. The monoisotopic (exact) mass is 402 g/mol. The lowest BCUT2D eigenvalue weighted by atomic mass is 10.3. The zero-order valence-corrected chi connectivity index (χ0v) is 16.7. The van der Waals surface area contributed by atoms with E-state index in [1.807, 2.05) is 0 Å². The van der Waals surface area contributed by atoms with Crippen LogP contribution in [-0.4, -0.2) is 50.8 Å². The highest BCUT2D eigenvalue weighted by molar-refractivity contribution is 7.89. The van der Waals surface area contributed by atoms with Crippen molar-refractivity contribution < 1.29 is 13.2 Å². The van der Waals surface area contributed by atoms with Gasteiger partial charge in [-0.2, -0.15) is 4.31 Å². The molecule has 1 amide bonds. The van der Waals surface area contributed by atoms with Crippen LogP contribution >= 0.6 is 0 Å². The third kappa shape index (κ3) is 3.82. The largest absolute Gasteiger partial charge is 0.345 e. The molecule has 0 atom stereocenters. The van der Waals surface area contributed by atoms with Crippen LogP contribution in [-0.2, 0) is 17.1 Å². The third-order valence-electron chi connectivity index (χ3n) is 4.33. The van der Waals surface area contributed by atoms with Gasteiger partial charge in [0, 0.05) is 38.7 Å². The number of aromatic nitrogens is 4. The molecule has 0 radical (unpaired) electrons. The van der Waals surface area contributed by atoms with Gasteiger partial charge in [0.15, 0.2) is 0 Å². The van der Waals surface area contributed by atoms with Crippen LogP contribution < -0.4 is 5.32 Å². The average molecular weight is 402 g/mol. The van der Waals surface area contributed by atoms with Crippen LogP contribution in [0.1, 0.15) is 24.3 Å². The molecule has 0 aliphatic carbocycles. The Hall–Kier alpha value is -2.98. The van der Waals surface area contributed by atoms with Crippen molar-refractivity contribution in [3.05, 3.63) is 55.0 Å². The second kappa shape index (κ2) is 7.95. The summed E-state index contributed by atoms with van der Waals surface area (Å²) < 4.78 is 29.9. The standard InChI is InChI=1S/C18H22N6O3S/c1-4-24(5-2)28(26,27)15-10-16(22(3)12-15)18(25)21-14-6-7-17(20-11-14)23-9-8-19-13-23/h6-13H,4-5H2,1-3H3,(H,21,25). The number of nitrogens with zero attached hydrogens (tertiary/aromatic N) is 5. The van der Waals surface area contributed by atoms with Gasteiger partial charge in [0.2, 0.25) is 10.0 Å². The molecule has 3 aromatic rings. The van der Waals surface area contributed by atoms with Gasteiger partial charge in [-0.1, -0.05) is 13.8 Å². The number of hydrogen-bond acceptors (Lipinski definition) is 5. The number of pyridine rings is 1. The third-order valence-corrected chi connectivity index (χ3v) is 6.35. The van der Waals surface area contributed by atoms with E-state index in [1.54, 1.807) is 56.3 Å². The second-order valence-corrected chi connectivity index (χ2v) is 8.03. The van der Waals surface area contributed by atoms with Crippen molar-refractivity contribution in [3.63, 3.8) is 0 Å². The SMILES string of the molecule is CCN(CC)S(=O)(=O)c1cc(C(=O)Nc2ccc(-n3ccnc3)nc2)n(C)c1. The highest BCUT2D eigenvalue weighted by atomic mass is 32.2. The summed E-state index contributed by atoms with van der Waals surface area (Å²) >= 11 is 0. The van der Waals surface area contributed by atoms with Gasteiger partial charge in [-0.3, -0.25) is 9.36 Å². The zero-order valence-electron chi connectivity index (χ0n) is 15.9. The van der Waals surface area contributed by atoms with Crippen LogP contribution in [0.5, 0.6) is 0 Å². The van der Waals surface area contributed by atoms with Gasteiger partial charge in [0.25, 0.3) is 5.91 Å². The Bertz CT molecular complexity index is 1050. The molecule has 0 bridgehead atoms. The van der Waals surface area contributed by atoms with Gasteiger partial charge in [-0.15, -0.1) is 0 Å². The maximum absolute atomic E-state index is 12.7. The number of aryl methyl sites for hydroxylation is 1. The highest BCUT2D eigenvalue weighted by Gasteiger charge is 2.25. The maximum Gasteiger partial charge on any atom is 0.272 e. The second-order valence-electron chi connectivity index (χ2n) is 6.09. The Morgan fingerprint density at radius 2 is 2.00 bits per heavy atom. The Morgan fingerprint density at radius 1 is 1.25 bits per heavy atom. The van der Waals surface area contributed by atoms with Crippen molar-refractivity contribution in [2.24, 2.45) is 7.05 Å². The molecule has 0 saturated heterocycles. The Balaban J connectivity index is 1.79. The highest BCUT2D eigenvalue weighted by Crippen LogP contribution is 2.19. The van der Waals surface area contributed by atoms with Gasteiger partial charge in [0.05, 0.1) is 11.9 Å². The number of carbonyl (C=O) groups excluding carboxylic acids is 1. The summed E-state index contributed by atoms with van der Waals surface area (Å²) in [4.78, 5) is 21.0. The lowest BCUT2D eigenvalue weighted by Gasteiger charge is -2.17. The Morgan fingerprint density at radius 3 is 2.57 bits per heavy atom. The van der Waals surface area contributed by atoms with Gasteiger partial charge in [-0.05, 0) is 18.2 Å². The van der Waals surface area contributed by atoms with E-state index in [9.17, 15) is 13.2 Å². The molecule has 1 N–H and O–H groups in total. The molecule has 148 valence electrons. The summed E-state index contributed by atoms with van der Waals surface area (Å²) in [6, 6.07) is 4.85. The van der Waals surface area contributed by atoms with Crippen LogP contribution in [0, 0.1) is 0 Å². The molecular weight excluding hydrogens is 380 g/mol. The molecule has 3 rings (SSSR count). The van der Waals surface area contributed by atoms with Gasteiger partial charge in [-0.25, -0.2) is 18.4 Å². The molecule has 0 unspecified atom stereocenters. The summed E-state index contributed by atoms with van der Waals surface area (Å²) in [5.41, 5.74) is 0.743. The minimum atomic E-state index is -3.63. The topological polar surface area (TPSA) is 102 Å². The minimum absolute atomic E-state index is 0.0948. The average Bonchev–Trinajstić information content (AvgIpc) is 3.33. The number of amides is 1. The van der Waals surface area contributed by atoms with Crippen molar-refractivity contribution in [3.8, 4) is 5.82 Å². The van der Waals surface area contributed by atoms with E-state index in [-0.39, 0.29) is 10.6 Å².